The normalized spacial score (nSPS) is 38.5. The van der Waals surface area contributed by atoms with Crippen molar-refractivity contribution in [3.05, 3.63) is 65.7 Å². The van der Waals surface area contributed by atoms with Gasteiger partial charge in [0.05, 0.1) is 47.6 Å². The van der Waals surface area contributed by atoms with Crippen molar-refractivity contribution in [2.24, 2.45) is 35.5 Å². The Morgan fingerprint density at radius 1 is 0.710 bits per heavy atom. The van der Waals surface area contributed by atoms with Crippen LogP contribution in [0.3, 0.4) is 0 Å². The van der Waals surface area contributed by atoms with Crippen LogP contribution in [0.5, 0.6) is 0 Å². The molecule has 7 amide bonds. The summed E-state index contributed by atoms with van der Waals surface area (Å²) in [5.41, 5.74) is -3.38. The number of carbonyl (C=O) groups excluding carboxylic acids is 10. The highest BCUT2D eigenvalue weighted by Gasteiger charge is 2.56. The van der Waals surface area contributed by atoms with Gasteiger partial charge in [-0.05, 0) is 162 Å². The van der Waals surface area contributed by atoms with Crippen LogP contribution in [-0.4, -0.2) is 335 Å². The number of aliphatic hydroxyl groups is 5. The zero-order chi connectivity index (χ0) is 90.9. The lowest BCUT2D eigenvalue weighted by Crippen LogP contribution is -2.63. The van der Waals surface area contributed by atoms with Gasteiger partial charge in [-0.15, -0.1) is 0 Å². The number of nitrogens with zero attached hydrogens (tertiary/aromatic N) is 6. The second-order valence-corrected chi connectivity index (χ2v) is 38.6. The molecule has 34 heteroatoms. The Hall–Kier alpha value is -7.03. The van der Waals surface area contributed by atoms with E-state index in [1.807, 2.05) is 76.1 Å². The first kappa shape index (κ1) is 99.1. The number of rotatable bonds is 23. The summed E-state index contributed by atoms with van der Waals surface area (Å²) < 4.78 is 44.6. The van der Waals surface area contributed by atoms with Crippen LogP contribution in [0.4, 0.5) is 5.69 Å². The summed E-state index contributed by atoms with van der Waals surface area (Å²) in [6.45, 7) is 22.5. The Morgan fingerprint density at radius 2 is 1.39 bits per heavy atom. The third kappa shape index (κ3) is 23.3. The van der Waals surface area contributed by atoms with E-state index in [2.05, 4.69) is 31.5 Å². The number of anilines is 1. The first-order chi connectivity index (χ1) is 58.5. The molecule has 0 spiro atoms. The van der Waals surface area contributed by atoms with Gasteiger partial charge >= 0.3 is 11.9 Å². The minimum atomic E-state index is -2.10. The largest absolute Gasteiger partial charge is 0.459 e. The number of methoxy groups -OCH3 is 1. The SMILES string of the molecule is CC[C@@H]1NC(=O)[C@@H](NC(=O)CCC(=O)NCCN[C@@H]2[C@H](C)[C@@H](O)[C@](C)(O)[C@@H](CC)OC(=O)[C@H](C)[C@@H](OC3CC(C)(OC)C(O)C(C)O3)C(C)[C@@H](OC3OC(C)CC(N(C)C)C3O)[C@](C)(O)C[C@H]2C)[C@@H](C)OC(=O)[C@H](c2ccccc2)NC(=O)[C@@H]2CC(=O)[C@H](CSC3CN4CCC3CC4)CN2C(=O)[C@H](Cc2ccc(N(C)C)cc2)N(C)C(=O)[C@@H]2CCCN2C1=O. The average molecular weight is 1760 g/mol. The summed E-state index contributed by atoms with van der Waals surface area (Å²) in [5.74, 6) is -10.8. The van der Waals surface area contributed by atoms with Crippen LogP contribution in [0, 0.1) is 35.5 Å². The lowest BCUT2D eigenvalue weighted by Gasteiger charge is -2.49. The highest BCUT2D eigenvalue weighted by atomic mass is 32.2. The number of benzene rings is 2. The monoisotopic (exact) mass is 1760 g/mol. The number of ketones is 1. The predicted octanol–water partition coefficient (Wildman–Crippen LogP) is 2.99. The van der Waals surface area contributed by atoms with Crippen molar-refractivity contribution >= 4 is 76.5 Å². The number of Topliss-reactive ketones (excluding diaryl/α,β-unsaturated/α-hetero) is 1. The van der Waals surface area contributed by atoms with Crippen LogP contribution in [0.25, 0.3) is 0 Å². The number of piperidine rings is 4. The third-order valence-corrected chi connectivity index (χ3v) is 29.3. The number of hydrogen-bond donors (Lipinski definition) is 10. The van der Waals surface area contributed by atoms with E-state index in [-0.39, 0.29) is 81.3 Å². The second kappa shape index (κ2) is 42.9. The Balaban J connectivity index is 0.886. The van der Waals surface area contributed by atoms with E-state index < -0.39 is 235 Å². The fraction of sp³-hybridized carbons (Fsp3) is 0.756. The Bertz CT molecular complexity index is 3970. The molecule has 10 unspecified atom stereocenters. The van der Waals surface area contributed by atoms with Crippen LogP contribution in [0.15, 0.2) is 54.6 Å². The minimum Gasteiger partial charge on any atom is -0.459 e. The van der Waals surface area contributed by atoms with Crippen LogP contribution in [0.1, 0.15) is 177 Å². The van der Waals surface area contributed by atoms with Crippen molar-refractivity contribution in [3.63, 3.8) is 0 Å². The number of amides is 7. The molecule has 124 heavy (non-hydrogen) atoms. The van der Waals surface area contributed by atoms with Crippen LogP contribution in [0.2, 0.25) is 0 Å². The average Bonchev–Trinajstić information content (AvgIpc) is 0.880. The minimum absolute atomic E-state index is 0.00253. The van der Waals surface area contributed by atoms with Crippen molar-refractivity contribution < 1.29 is 107 Å². The van der Waals surface area contributed by atoms with Gasteiger partial charge in [-0.3, -0.25) is 43.2 Å². The molecule has 0 aliphatic carbocycles. The maximum absolute atomic E-state index is 16.0. The number of esters is 2. The molecule has 9 aliphatic heterocycles. The molecule has 9 aliphatic rings. The molecule has 0 radical (unpaired) electrons. The van der Waals surface area contributed by atoms with Gasteiger partial charge in [0, 0.05) is 140 Å². The zero-order valence-electron chi connectivity index (χ0n) is 75.8. The number of nitrogens with one attached hydrogen (secondary N) is 5. The first-order valence-electron chi connectivity index (χ1n) is 44.7. The standard InChI is InChI=1S/C90H141N11O22S/c1-19-61-82(110)100-38-24-27-62(100)83(111)98(17)65(42-56-28-30-60(31-29-56)96(13)14)84(112)101-46-59(48-124-67-47-99-39-34-57(67)35-40-99)66(102)43-64(101)80(108)95-74(58-25-22-21-23-26-58)86(114)120-54(8)73(81(109)93-61)94-70(104)33-32-69(103)91-36-37-92-72-49(3)44-88(10,115)79(123-87-75(105)63(97(15)16)41-50(4)118-87)52(6)76(122-71-45-89(11,117-18)78(107)55(9)119-71)53(7)85(113)121-68(20-2)90(12,116)77(106)51(72)5/h21-23,25-26,28-31,49-55,57,59,61-65,67-68,71-79,87,92,105-107,115-116H,19-20,24,27,32-48H2,1-18H3,(H,91,103)(H,93,109)(H,94,104)(H,95,108)/t49-,50?,51+,52?,53-,54-,55?,59+,61+,62+,63?,64+,65+,67?,68-,71?,72+,73+,74+,75?,76+,77-,78?,79-,87?,88-,89?,90-/m1/s1. The highest BCUT2D eigenvalue weighted by Crippen LogP contribution is 2.44. The summed E-state index contributed by atoms with van der Waals surface area (Å²) >= 11 is 1.71. The van der Waals surface area contributed by atoms with E-state index in [1.54, 1.807) is 97.5 Å². The summed E-state index contributed by atoms with van der Waals surface area (Å²) in [7, 11) is 10.4. The number of thioether (sulfide) groups is 1. The van der Waals surface area contributed by atoms with Crippen molar-refractivity contribution in [2.45, 2.75) is 304 Å². The lowest BCUT2D eigenvalue weighted by molar-refractivity contribution is -0.318. The quantitative estimate of drug-likeness (QED) is 0.0564. The van der Waals surface area contributed by atoms with Gasteiger partial charge in [0.1, 0.15) is 66.0 Å². The van der Waals surface area contributed by atoms with Crippen molar-refractivity contribution in [2.75, 3.05) is 98.8 Å². The van der Waals surface area contributed by atoms with Gasteiger partial charge < -0.3 is 115 Å². The topological polar surface area (TPSA) is 416 Å². The third-order valence-electron chi connectivity index (χ3n) is 27.7. The fourth-order valence-electron chi connectivity index (χ4n) is 20.0. The smallest absolute Gasteiger partial charge is 0.333 e. The molecule has 694 valence electrons. The summed E-state index contributed by atoms with van der Waals surface area (Å²) in [4.78, 5) is 161. The number of ether oxygens (including phenoxy) is 7. The van der Waals surface area contributed by atoms with Gasteiger partial charge in [0.25, 0.3) is 0 Å². The summed E-state index contributed by atoms with van der Waals surface area (Å²) in [6, 6.07) is 5.70. The molecule has 9 heterocycles. The molecule has 2 aromatic rings. The maximum atomic E-state index is 16.0. The molecule has 2 bridgehead atoms. The van der Waals surface area contributed by atoms with E-state index in [9.17, 15) is 44.7 Å². The zero-order valence-corrected chi connectivity index (χ0v) is 76.6. The lowest BCUT2D eigenvalue weighted by atomic mass is 9.72. The molecule has 33 nitrogen and oxygen atoms in total. The molecule has 11 rings (SSSR count). The molecule has 9 fully saturated rings. The van der Waals surface area contributed by atoms with Crippen molar-refractivity contribution in [1.29, 1.82) is 0 Å². The molecule has 9 saturated heterocycles. The predicted molar refractivity (Wildman–Crippen MR) is 462 cm³/mol. The Kier molecular flexibility index (Phi) is 34.3. The highest BCUT2D eigenvalue weighted by molar-refractivity contribution is 8.00. The van der Waals surface area contributed by atoms with Crippen LogP contribution >= 0.6 is 11.8 Å². The Morgan fingerprint density at radius 3 is 2.02 bits per heavy atom. The van der Waals surface area contributed by atoms with Gasteiger partial charge in [0.15, 0.2) is 18.6 Å². The number of carbonyl (C=O) groups is 10. The van der Waals surface area contributed by atoms with Crippen molar-refractivity contribution in [1.82, 2.24) is 51.1 Å². The maximum Gasteiger partial charge on any atom is 0.333 e. The van der Waals surface area contributed by atoms with Crippen molar-refractivity contribution in [3.8, 4) is 0 Å². The van der Waals surface area contributed by atoms with E-state index in [1.165, 1.54) is 42.7 Å². The summed E-state index contributed by atoms with van der Waals surface area (Å²) in [5, 5.41) is 76.4. The van der Waals surface area contributed by atoms with Gasteiger partial charge in [0.2, 0.25) is 41.4 Å². The molecule has 0 saturated carbocycles. The number of hydrogen-bond acceptors (Lipinski definition) is 27. The van der Waals surface area contributed by atoms with Gasteiger partial charge in [-0.25, -0.2) is 4.79 Å². The molecule has 0 aromatic heterocycles. The van der Waals surface area contributed by atoms with E-state index in [0.29, 0.717) is 30.1 Å². The van der Waals surface area contributed by atoms with Crippen LogP contribution < -0.4 is 31.5 Å². The van der Waals surface area contributed by atoms with Crippen LogP contribution in [-0.2, 0) is 87.5 Å². The fourth-order valence-corrected chi connectivity index (χ4v) is 21.6. The van der Waals surface area contributed by atoms with Gasteiger partial charge in [-0.2, -0.15) is 11.8 Å². The second-order valence-electron chi connectivity index (χ2n) is 37.4. The molecule has 2 aromatic carbocycles. The number of aliphatic hydroxyl groups excluding tert-OH is 3. The molecule has 10 N–H and O–H groups in total. The van der Waals surface area contributed by atoms with Gasteiger partial charge in [-0.1, -0.05) is 77.1 Å². The molecule has 28 atom stereocenters. The number of cyclic esters (lactones) is 2. The Labute approximate surface area is 735 Å². The number of fused-ring (bicyclic) bond motifs is 5. The molecular formula is C90H141N11O22S. The van der Waals surface area contributed by atoms with E-state index in [4.69, 9.17) is 33.2 Å². The first-order valence-corrected chi connectivity index (χ1v) is 45.8. The number of likely N-dealkylation sites (N-methyl/N-ethyl adjacent to an activating group) is 2. The van der Waals surface area contributed by atoms with E-state index >= 15 is 28.8 Å². The summed E-state index contributed by atoms with van der Waals surface area (Å²) in [6.07, 6.45) is -11.2. The molecular weight excluding hydrogens is 1620 g/mol. The van der Waals surface area contributed by atoms with E-state index in [0.717, 1.165) is 38.2 Å².